The quantitative estimate of drug-likeness (QED) is 0.242. The monoisotopic (exact) mass is 434 g/mol. The summed E-state index contributed by atoms with van der Waals surface area (Å²) in [4.78, 5) is 4.68. The Morgan fingerprint density at radius 1 is 1.17 bits per heavy atom. The molecule has 1 atom stereocenters. The Balaban J connectivity index is 0.00000484. The average Bonchev–Trinajstić information content (AvgIpc) is 2.52. The molecule has 0 aliphatic carbocycles. The van der Waals surface area contributed by atoms with Gasteiger partial charge in [0.1, 0.15) is 0 Å². The zero-order chi connectivity index (χ0) is 16.2. The number of guanidine groups is 1. The number of rotatable bonds is 9. The molecule has 0 amide bonds. The molecule has 0 aliphatic rings. The summed E-state index contributed by atoms with van der Waals surface area (Å²) in [5.74, 6) is 1.32. The summed E-state index contributed by atoms with van der Waals surface area (Å²) in [7, 11) is 1.70. The number of methoxy groups -OCH3 is 1. The van der Waals surface area contributed by atoms with Gasteiger partial charge in [-0.05, 0) is 25.0 Å². The third-order valence-electron chi connectivity index (χ3n) is 3.32. The van der Waals surface area contributed by atoms with Crippen molar-refractivity contribution in [1.82, 2.24) is 10.6 Å². The molecular weight excluding hydrogens is 403 g/mol. The van der Waals surface area contributed by atoms with E-state index >= 15 is 0 Å². The first kappa shape index (κ1) is 22.0. The molecule has 0 radical (unpaired) electrons. The van der Waals surface area contributed by atoms with Gasteiger partial charge in [-0.1, -0.05) is 32.0 Å². The van der Waals surface area contributed by atoms with E-state index in [2.05, 4.69) is 53.8 Å². The summed E-state index contributed by atoms with van der Waals surface area (Å²) < 4.78 is 5.06. The first-order valence-corrected chi connectivity index (χ1v) is 8.00. The number of hydrogen-bond acceptors (Lipinski definition) is 3. The van der Waals surface area contributed by atoms with Crippen LogP contribution in [0.1, 0.15) is 20.8 Å². The third kappa shape index (κ3) is 9.65. The van der Waals surface area contributed by atoms with Crippen molar-refractivity contribution in [2.24, 2.45) is 10.9 Å². The van der Waals surface area contributed by atoms with E-state index in [0.717, 1.165) is 31.3 Å². The molecule has 0 saturated carbocycles. The minimum Gasteiger partial charge on any atom is -0.383 e. The van der Waals surface area contributed by atoms with Crippen LogP contribution in [0.5, 0.6) is 0 Å². The largest absolute Gasteiger partial charge is 0.383 e. The van der Waals surface area contributed by atoms with Gasteiger partial charge in [-0.15, -0.1) is 24.0 Å². The molecule has 6 heteroatoms. The molecule has 0 heterocycles. The molecule has 0 fully saturated rings. The molecule has 0 spiro atoms. The Morgan fingerprint density at radius 3 is 2.43 bits per heavy atom. The smallest absolute Gasteiger partial charge is 0.191 e. The zero-order valence-electron chi connectivity index (χ0n) is 14.6. The topological polar surface area (TPSA) is 57.7 Å². The average molecular weight is 434 g/mol. The number of hydrogen-bond donors (Lipinski definition) is 3. The molecule has 0 bridgehead atoms. The lowest BCUT2D eigenvalue weighted by Gasteiger charge is -2.22. The van der Waals surface area contributed by atoms with E-state index in [1.807, 2.05) is 18.2 Å². The molecule has 1 unspecified atom stereocenters. The van der Waals surface area contributed by atoms with Gasteiger partial charge in [-0.2, -0.15) is 0 Å². The van der Waals surface area contributed by atoms with Gasteiger partial charge in [0.15, 0.2) is 5.96 Å². The fourth-order valence-corrected chi connectivity index (χ4v) is 1.97. The van der Waals surface area contributed by atoms with Gasteiger partial charge in [0.05, 0.1) is 13.2 Å². The predicted molar refractivity (Wildman–Crippen MR) is 110 cm³/mol. The minimum atomic E-state index is 0. The minimum absolute atomic E-state index is 0. The molecule has 1 aromatic carbocycles. The highest BCUT2D eigenvalue weighted by atomic mass is 127. The molecule has 1 rings (SSSR count). The number of halogens is 1. The van der Waals surface area contributed by atoms with Crippen molar-refractivity contribution in [3.63, 3.8) is 0 Å². The van der Waals surface area contributed by atoms with E-state index < -0.39 is 0 Å². The molecular formula is C17H31IN4O. The normalized spacial score (nSPS) is 12.5. The molecule has 23 heavy (non-hydrogen) atoms. The Labute approximate surface area is 157 Å². The summed E-state index contributed by atoms with van der Waals surface area (Å²) >= 11 is 0. The van der Waals surface area contributed by atoms with Crippen molar-refractivity contribution in [1.29, 1.82) is 0 Å². The summed E-state index contributed by atoms with van der Waals surface area (Å²) in [6, 6.07) is 10.6. The Hall–Kier alpha value is -1.02. The molecule has 3 N–H and O–H groups in total. The number of nitrogens with one attached hydrogen (secondary N) is 3. The molecule has 5 nitrogen and oxygen atoms in total. The number of para-hydroxylation sites is 1. The van der Waals surface area contributed by atoms with Crippen LogP contribution in [-0.2, 0) is 4.74 Å². The lowest BCUT2D eigenvalue weighted by molar-refractivity contribution is 0.203. The summed E-state index contributed by atoms with van der Waals surface area (Å²) in [6.45, 7) is 9.46. The number of aliphatic imine (C=N–C) groups is 1. The molecule has 132 valence electrons. The van der Waals surface area contributed by atoms with Crippen LogP contribution in [0, 0.1) is 5.92 Å². The van der Waals surface area contributed by atoms with Gasteiger partial charge in [0, 0.05) is 31.9 Å². The Morgan fingerprint density at radius 2 is 1.87 bits per heavy atom. The van der Waals surface area contributed by atoms with E-state index in [9.17, 15) is 0 Å². The maximum Gasteiger partial charge on any atom is 0.191 e. The lowest BCUT2D eigenvalue weighted by atomic mass is 10.0. The van der Waals surface area contributed by atoms with Gasteiger partial charge >= 0.3 is 0 Å². The first-order valence-electron chi connectivity index (χ1n) is 8.00. The standard InChI is InChI=1S/C17H30N4O.HI/c1-5-18-17(19-11-12-22-4)20-13-16(14(2)3)21-15-9-7-6-8-10-15;/h6-10,14,16,21H,5,11-13H2,1-4H3,(H2,18,19,20);1H. The second-order valence-corrected chi connectivity index (χ2v) is 5.50. The van der Waals surface area contributed by atoms with Gasteiger partial charge in [-0.25, -0.2) is 0 Å². The Kier molecular flexibility index (Phi) is 12.8. The Bertz CT molecular complexity index is 426. The van der Waals surface area contributed by atoms with Crippen LogP contribution >= 0.6 is 24.0 Å². The van der Waals surface area contributed by atoms with Crippen LogP contribution in [0.15, 0.2) is 35.3 Å². The predicted octanol–water partition coefficient (Wildman–Crippen LogP) is 2.94. The molecule has 0 aliphatic heterocycles. The third-order valence-corrected chi connectivity index (χ3v) is 3.32. The highest BCUT2D eigenvalue weighted by Gasteiger charge is 2.13. The van der Waals surface area contributed by atoms with Crippen molar-refractivity contribution in [2.45, 2.75) is 26.8 Å². The van der Waals surface area contributed by atoms with Crippen molar-refractivity contribution in [3.8, 4) is 0 Å². The number of anilines is 1. The van der Waals surface area contributed by atoms with E-state index in [0.29, 0.717) is 18.6 Å². The SMILES string of the molecule is CCNC(=NCC(Nc1ccccc1)C(C)C)NCCOC.I. The van der Waals surface area contributed by atoms with E-state index in [-0.39, 0.29) is 24.0 Å². The number of benzene rings is 1. The molecule has 0 aromatic heterocycles. The lowest BCUT2D eigenvalue weighted by Crippen LogP contribution is -2.40. The van der Waals surface area contributed by atoms with E-state index in [4.69, 9.17) is 4.74 Å². The highest BCUT2D eigenvalue weighted by molar-refractivity contribution is 14.0. The summed E-state index contributed by atoms with van der Waals surface area (Å²) in [6.07, 6.45) is 0. The van der Waals surface area contributed by atoms with Gasteiger partial charge < -0.3 is 20.7 Å². The van der Waals surface area contributed by atoms with Crippen LogP contribution < -0.4 is 16.0 Å². The zero-order valence-corrected chi connectivity index (χ0v) is 17.0. The van der Waals surface area contributed by atoms with Gasteiger partial charge in [0.2, 0.25) is 0 Å². The van der Waals surface area contributed by atoms with Crippen molar-refractivity contribution in [3.05, 3.63) is 30.3 Å². The highest BCUT2D eigenvalue weighted by Crippen LogP contribution is 2.12. The summed E-state index contributed by atoms with van der Waals surface area (Å²) in [5, 5.41) is 10.1. The fourth-order valence-electron chi connectivity index (χ4n) is 1.97. The second-order valence-electron chi connectivity index (χ2n) is 5.50. The van der Waals surface area contributed by atoms with Gasteiger partial charge in [0.25, 0.3) is 0 Å². The van der Waals surface area contributed by atoms with Crippen LogP contribution in [0.3, 0.4) is 0 Å². The maximum absolute atomic E-state index is 5.06. The number of nitrogens with zero attached hydrogens (tertiary/aromatic N) is 1. The van der Waals surface area contributed by atoms with Crippen molar-refractivity contribution >= 4 is 35.6 Å². The van der Waals surface area contributed by atoms with E-state index in [1.54, 1.807) is 7.11 Å². The first-order chi connectivity index (χ1) is 10.7. The summed E-state index contributed by atoms with van der Waals surface area (Å²) in [5.41, 5.74) is 1.13. The fraction of sp³-hybridized carbons (Fsp3) is 0.588. The van der Waals surface area contributed by atoms with Crippen LogP contribution in [0.4, 0.5) is 5.69 Å². The van der Waals surface area contributed by atoms with Crippen LogP contribution in [0.25, 0.3) is 0 Å². The number of ether oxygens (including phenoxy) is 1. The van der Waals surface area contributed by atoms with Crippen LogP contribution in [0.2, 0.25) is 0 Å². The van der Waals surface area contributed by atoms with Crippen molar-refractivity contribution in [2.75, 3.05) is 38.7 Å². The maximum atomic E-state index is 5.06. The van der Waals surface area contributed by atoms with E-state index in [1.165, 1.54) is 0 Å². The van der Waals surface area contributed by atoms with Crippen LogP contribution in [-0.4, -0.2) is 45.4 Å². The van der Waals surface area contributed by atoms with Crippen molar-refractivity contribution < 1.29 is 4.74 Å². The second kappa shape index (κ2) is 13.4. The molecule has 1 aromatic rings. The van der Waals surface area contributed by atoms with Gasteiger partial charge in [-0.3, -0.25) is 4.99 Å². The molecule has 0 saturated heterocycles.